The van der Waals surface area contributed by atoms with Crippen molar-refractivity contribution >= 4 is 27.5 Å². The molecule has 0 amide bonds. The van der Waals surface area contributed by atoms with Crippen molar-refractivity contribution in [3.8, 4) is 0 Å². The van der Waals surface area contributed by atoms with Gasteiger partial charge in [0.25, 0.3) is 0 Å². The molecule has 0 aromatic heterocycles. The molecule has 1 aliphatic rings. The van der Waals surface area contributed by atoms with Crippen LogP contribution in [0, 0.1) is 0 Å². The molecule has 0 spiro atoms. The van der Waals surface area contributed by atoms with Gasteiger partial charge in [-0.1, -0.05) is 33.6 Å². The standard InChI is InChI=1S/C11H12BrClN2/c1-14-5-6-15(2)11(14)9-4-3-8(13)7-10(9)12/h3-7,11H,1-2H3. The van der Waals surface area contributed by atoms with E-state index in [4.69, 9.17) is 11.6 Å². The van der Waals surface area contributed by atoms with Crippen molar-refractivity contribution in [3.63, 3.8) is 0 Å². The highest BCUT2D eigenvalue weighted by atomic mass is 79.9. The average molecular weight is 288 g/mol. The smallest absolute Gasteiger partial charge is 0.128 e. The van der Waals surface area contributed by atoms with Crippen LogP contribution in [0.1, 0.15) is 11.7 Å². The molecule has 0 atom stereocenters. The lowest BCUT2D eigenvalue weighted by Gasteiger charge is -2.28. The van der Waals surface area contributed by atoms with Crippen LogP contribution in [0.2, 0.25) is 5.02 Å². The van der Waals surface area contributed by atoms with Gasteiger partial charge >= 0.3 is 0 Å². The van der Waals surface area contributed by atoms with Crippen LogP contribution in [0.25, 0.3) is 0 Å². The van der Waals surface area contributed by atoms with E-state index in [2.05, 4.69) is 58.3 Å². The van der Waals surface area contributed by atoms with Gasteiger partial charge in [-0.05, 0) is 12.1 Å². The largest absolute Gasteiger partial charge is 0.355 e. The first-order valence-corrected chi connectivity index (χ1v) is 5.84. The Labute approximate surface area is 103 Å². The summed E-state index contributed by atoms with van der Waals surface area (Å²) in [4.78, 5) is 4.32. The summed E-state index contributed by atoms with van der Waals surface area (Å²) in [5.41, 5.74) is 1.22. The van der Waals surface area contributed by atoms with Gasteiger partial charge in [-0.2, -0.15) is 0 Å². The van der Waals surface area contributed by atoms with Crippen molar-refractivity contribution in [3.05, 3.63) is 45.7 Å². The Hall–Kier alpha value is -0.670. The summed E-state index contributed by atoms with van der Waals surface area (Å²) in [5, 5.41) is 0.752. The van der Waals surface area contributed by atoms with Crippen molar-refractivity contribution in [2.75, 3.05) is 14.1 Å². The molecule has 0 radical (unpaired) electrons. The Morgan fingerprint density at radius 2 is 1.80 bits per heavy atom. The molecule has 0 saturated carbocycles. The summed E-state index contributed by atoms with van der Waals surface area (Å²) < 4.78 is 1.04. The van der Waals surface area contributed by atoms with Gasteiger partial charge in [-0.3, -0.25) is 0 Å². The van der Waals surface area contributed by atoms with Crippen LogP contribution >= 0.6 is 27.5 Å². The Morgan fingerprint density at radius 1 is 1.20 bits per heavy atom. The summed E-state index contributed by atoms with van der Waals surface area (Å²) in [6.07, 6.45) is 4.37. The van der Waals surface area contributed by atoms with E-state index in [-0.39, 0.29) is 6.17 Å². The molecular weight excluding hydrogens is 275 g/mol. The zero-order valence-corrected chi connectivity index (χ0v) is 11.0. The van der Waals surface area contributed by atoms with Crippen molar-refractivity contribution in [2.45, 2.75) is 6.17 Å². The molecule has 0 aliphatic carbocycles. The minimum atomic E-state index is 0.247. The zero-order chi connectivity index (χ0) is 11.0. The zero-order valence-electron chi connectivity index (χ0n) is 8.61. The van der Waals surface area contributed by atoms with Gasteiger partial charge in [-0.15, -0.1) is 0 Å². The van der Waals surface area contributed by atoms with Crippen molar-refractivity contribution < 1.29 is 0 Å². The minimum Gasteiger partial charge on any atom is -0.355 e. The van der Waals surface area contributed by atoms with Crippen LogP contribution in [0.4, 0.5) is 0 Å². The molecule has 2 rings (SSSR count). The molecular formula is C11H12BrClN2. The van der Waals surface area contributed by atoms with Gasteiger partial charge < -0.3 is 9.80 Å². The molecule has 0 bridgehead atoms. The first-order chi connectivity index (χ1) is 7.09. The van der Waals surface area contributed by atoms with E-state index in [9.17, 15) is 0 Å². The first kappa shape index (κ1) is 10.8. The minimum absolute atomic E-state index is 0.247. The maximum absolute atomic E-state index is 5.92. The van der Waals surface area contributed by atoms with Crippen LogP contribution in [-0.4, -0.2) is 23.9 Å². The number of rotatable bonds is 1. The molecule has 4 heteroatoms. The molecule has 15 heavy (non-hydrogen) atoms. The molecule has 2 nitrogen and oxygen atoms in total. The fourth-order valence-corrected chi connectivity index (χ4v) is 2.70. The third kappa shape index (κ3) is 1.99. The fourth-order valence-electron chi connectivity index (χ4n) is 1.81. The predicted octanol–water partition coefficient (Wildman–Crippen LogP) is 3.45. The van der Waals surface area contributed by atoms with Gasteiger partial charge in [0.05, 0.1) is 0 Å². The van der Waals surface area contributed by atoms with Crippen LogP contribution in [0.15, 0.2) is 35.1 Å². The van der Waals surface area contributed by atoms with E-state index in [1.54, 1.807) is 0 Å². The first-order valence-electron chi connectivity index (χ1n) is 4.67. The quantitative estimate of drug-likeness (QED) is 0.780. The number of nitrogens with zero attached hydrogens (tertiary/aromatic N) is 2. The SMILES string of the molecule is CN1C=CN(C)C1c1ccc(Cl)cc1Br. The van der Waals surface area contributed by atoms with E-state index in [0.29, 0.717) is 0 Å². The van der Waals surface area contributed by atoms with Crippen LogP contribution < -0.4 is 0 Å². The summed E-state index contributed by atoms with van der Waals surface area (Å²) >= 11 is 9.47. The van der Waals surface area contributed by atoms with E-state index in [1.165, 1.54) is 5.56 Å². The lowest BCUT2D eigenvalue weighted by Crippen LogP contribution is -2.25. The lowest BCUT2D eigenvalue weighted by molar-refractivity contribution is 0.208. The van der Waals surface area contributed by atoms with E-state index in [1.807, 2.05) is 12.1 Å². The van der Waals surface area contributed by atoms with Crippen molar-refractivity contribution in [2.24, 2.45) is 0 Å². The number of halogens is 2. The summed E-state index contributed by atoms with van der Waals surface area (Å²) in [6.45, 7) is 0. The van der Waals surface area contributed by atoms with Crippen LogP contribution in [-0.2, 0) is 0 Å². The second-order valence-electron chi connectivity index (χ2n) is 3.67. The number of hydrogen-bond acceptors (Lipinski definition) is 2. The van der Waals surface area contributed by atoms with Crippen LogP contribution in [0.5, 0.6) is 0 Å². The molecule has 1 aliphatic heterocycles. The van der Waals surface area contributed by atoms with Crippen molar-refractivity contribution in [1.82, 2.24) is 9.80 Å². The Bertz CT molecular complexity index is 394. The Morgan fingerprint density at radius 3 is 2.33 bits per heavy atom. The highest BCUT2D eigenvalue weighted by Crippen LogP contribution is 2.34. The topological polar surface area (TPSA) is 6.48 Å². The highest BCUT2D eigenvalue weighted by Gasteiger charge is 2.24. The van der Waals surface area contributed by atoms with Crippen molar-refractivity contribution in [1.29, 1.82) is 0 Å². The summed E-state index contributed by atoms with van der Waals surface area (Å²) in [7, 11) is 4.12. The van der Waals surface area contributed by atoms with Gasteiger partial charge in [0, 0.05) is 41.6 Å². The van der Waals surface area contributed by atoms with E-state index < -0.39 is 0 Å². The normalized spacial score (nSPS) is 16.5. The summed E-state index contributed by atoms with van der Waals surface area (Å²) in [5.74, 6) is 0. The van der Waals surface area contributed by atoms with Crippen LogP contribution in [0.3, 0.4) is 0 Å². The second-order valence-corrected chi connectivity index (χ2v) is 4.96. The molecule has 80 valence electrons. The third-order valence-electron chi connectivity index (χ3n) is 2.55. The van der Waals surface area contributed by atoms with E-state index in [0.717, 1.165) is 9.50 Å². The molecule has 0 unspecified atom stereocenters. The summed E-state index contributed by atoms with van der Waals surface area (Å²) in [6, 6.07) is 5.90. The molecule has 0 N–H and O–H groups in total. The molecule has 1 aromatic carbocycles. The molecule has 0 fully saturated rings. The lowest BCUT2D eigenvalue weighted by atomic mass is 10.1. The number of benzene rings is 1. The molecule has 0 saturated heterocycles. The van der Waals surface area contributed by atoms with E-state index >= 15 is 0 Å². The molecule has 1 heterocycles. The molecule has 1 aromatic rings. The Balaban J connectivity index is 2.37. The Kier molecular flexibility index (Phi) is 2.94. The average Bonchev–Trinajstić information content (AvgIpc) is 2.48. The third-order valence-corrected chi connectivity index (χ3v) is 3.47. The highest BCUT2D eigenvalue weighted by molar-refractivity contribution is 9.10. The van der Waals surface area contributed by atoms with Gasteiger partial charge in [0.1, 0.15) is 6.17 Å². The maximum Gasteiger partial charge on any atom is 0.128 e. The number of hydrogen-bond donors (Lipinski definition) is 0. The fraction of sp³-hybridized carbons (Fsp3) is 0.273. The monoisotopic (exact) mass is 286 g/mol. The second kappa shape index (κ2) is 4.06. The maximum atomic E-state index is 5.92. The van der Waals surface area contributed by atoms with Gasteiger partial charge in [-0.25, -0.2) is 0 Å². The van der Waals surface area contributed by atoms with Gasteiger partial charge in [0.2, 0.25) is 0 Å². The predicted molar refractivity (Wildman–Crippen MR) is 66.6 cm³/mol. The van der Waals surface area contributed by atoms with Gasteiger partial charge in [0.15, 0.2) is 0 Å².